The highest BCUT2D eigenvalue weighted by molar-refractivity contribution is 5.83. The molecule has 3 nitrogen and oxygen atoms in total. The molecule has 1 fully saturated rings. The molecule has 1 heterocycles. The van der Waals surface area contributed by atoms with Crippen molar-refractivity contribution in [3.8, 4) is 0 Å². The van der Waals surface area contributed by atoms with Gasteiger partial charge in [-0.2, -0.15) is 0 Å². The molecule has 1 amide bonds. The molecule has 1 aromatic rings. The lowest BCUT2D eigenvalue weighted by Crippen LogP contribution is -2.38. The minimum atomic E-state index is -0.0180. The lowest BCUT2D eigenvalue weighted by atomic mass is 9.95. The Morgan fingerprint density at radius 2 is 2.15 bits per heavy atom. The highest BCUT2D eigenvalue weighted by Crippen LogP contribution is 2.19. The van der Waals surface area contributed by atoms with Gasteiger partial charge in [-0.15, -0.1) is 0 Å². The molecule has 2 unspecified atom stereocenters. The van der Waals surface area contributed by atoms with Crippen LogP contribution in [0.4, 0.5) is 0 Å². The largest absolute Gasteiger partial charge is 0.356 e. The number of hydrogen-bond acceptors (Lipinski definition) is 2. The predicted octanol–water partition coefficient (Wildman–Crippen LogP) is 2.83. The molecule has 0 radical (unpaired) electrons. The zero-order chi connectivity index (χ0) is 14.2. The summed E-state index contributed by atoms with van der Waals surface area (Å²) < 4.78 is 0. The van der Waals surface area contributed by atoms with Crippen molar-refractivity contribution in [1.29, 1.82) is 0 Å². The van der Waals surface area contributed by atoms with E-state index >= 15 is 0 Å². The average molecular weight is 274 g/mol. The summed E-state index contributed by atoms with van der Waals surface area (Å²) in [6.07, 6.45) is 5.72. The molecule has 110 valence electrons. The van der Waals surface area contributed by atoms with Crippen LogP contribution in [-0.4, -0.2) is 25.0 Å². The first-order valence-corrected chi connectivity index (χ1v) is 7.87. The molecule has 0 saturated carbocycles. The number of hydrogen-bond donors (Lipinski definition) is 2. The molecule has 0 aliphatic carbocycles. The molecule has 1 aliphatic rings. The number of rotatable bonds is 6. The number of nitrogens with one attached hydrogen (secondary N) is 2. The fraction of sp³-hybridized carbons (Fsp3) is 0.588. The van der Waals surface area contributed by atoms with E-state index in [1.165, 1.54) is 19.3 Å². The van der Waals surface area contributed by atoms with E-state index < -0.39 is 0 Å². The van der Waals surface area contributed by atoms with Crippen LogP contribution in [-0.2, 0) is 4.79 Å². The smallest absolute Gasteiger partial charge is 0.227 e. The second-order valence-corrected chi connectivity index (χ2v) is 5.60. The molecule has 2 atom stereocenters. The molecule has 1 saturated heterocycles. The van der Waals surface area contributed by atoms with E-state index in [4.69, 9.17) is 0 Å². The average Bonchev–Trinajstić information content (AvgIpc) is 2.50. The van der Waals surface area contributed by atoms with Crippen LogP contribution < -0.4 is 10.6 Å². The van der Waals surface area contributed by atoms with Crippen LogP contribution in [0.2, 0.25) is 0 Å². The van der Waals surface area contributed by atoms with E-state index in [0.29, 0.717) is 6.04 Å². The van der Waals surface area contributed by atoms with Crippen LogP contribution in [0, 0.1) is 0 Å². The number of carbonyl (C=O) groups excluding carboxylic acids is 1. The van der Waals surface area contributed by atoms with Crippen molar-refractivity contribution < 1.29 is 4.79 Å². The van der Waals surface area contributed by atoms with E-state index in [2.05, 4.69) is 17.6 Å². The summed E-state index contributed by atoms with van der Waals surface area (Å²) in [5.41, 5.74) is 1.11. The van der Waals surface area contributed by atoms with Crippen LogP contribution in [0.25, 0.3) is 0 Å². The molecule has 1 aliphatic heterocycles. The topological polar surface area (TPSA) is 41.1 Å². The summed E-state index contributed by atoms with van der Waals surface area (Å²) in [6, 6.07) is 10.6. The zero-order valence-corrected chi connectivity index (χ0v) is 12.4. The van der Waals surface area contributed by atoms with Crippen LogP contribution in [0.5, 0.6) is 0 Å². The highest BCUT2D eigenvalue weighted by Gasteiger charge is 2.18. The second kappa shape index (κ2) is 8.05. The Labute approximate surface area is 122 Å². The van der Waals surface area contributed by atoms with Gasteiger partial charge < -0.3 is 10.6 Å². The van der Waals surface area contributed by atoms with Crippen molar-refractivity contribution in [2.24, 2.45) is 0 Å². The summed E-state index contributed by atoms with van der Waals surface area (Å²) in [7, 11) is 0. The first-order chi connectivity index (χ1) is 9.81. The monoisotopic (exact) mass is 274 g/mol. The van der Waals surface area contributed by atoms with Gasteiger partial charge in [0.05, 0.1) is 5.92 Å². The van der Waals surface area contributed by atoms with Crippen molar-refractivity contribution in [1.82, 2.24) is 10.6 Å². The van der Waals surface area contributed by atoms with Crippen molar-refractivity contribution in [2.45, 2.75) is 51.0 Å². The fourth-order valence-corrected chi connectivity index (χ4v) is 2.92. The zero-order valence-electron chi connectivity index (χ0n) is 12.4. The Kier molecular flexibility index (Phi) is 6.06. The summed E-state index contributed by atoms with van der Waals surface area (Å²) in [5.74, 6) is 0.144. The Hall–Kier alpha value is -1.35. The number of carbonyl (C=O) groups is 1. The molecular formula is C17H26N2O. The molecule has 3 heteroatoms. The first kappa shape index (κ1) is 15.0. The van der Waals surface area contributed by atoms with Gasteiger partial charge in [0.25, 0.3) is 0 Å². The van der Waals surface area contributed by atoms with Gasteiger partial charge in [0.2, 0.25) is 5.91 Å². The van der Waals surface area contributed by atoms with E-state index in [-0.39, 0.29) is 11.8 Å². The van der Waals surface area contributed by atoms with Crippen molar-refractivity contribution in [3.05, 3.63) is 35.9 Å². The molecule has 0 aromatic heterocycles. The van der Waals surface area contributed by atoms with Crippen LogP contribution in [0.15, 0.2) is 30.3 Å². The molecule has 2 N–H and O–H groups in total. The minimum absolute atomic E-state index is 0.0180. The lowest BCUT2D eigenvalue weighted by Gasteiger charge is -2.24. The van der Waals surface area contributed by atoms with Gasteiger partial charge in [-0.3, -0.25) is 4.79 Å². The predicted molar refractivity (Wildman–Crippen MR) is 82.7 cm³/mol. The third kappa shape index (κ3) is 4.34. The summed E-state index contributed by atoms with van der Waals surface area (Å²) in [6.45, 7) is 3.97. The van der Waals surface area contributed by atoms with Gasteiger partial charge in [-0.05, 0) is 37.8 Å². The molecule has 2 rings (SSSR count). The molecule has 0 bridgehead atoms. The standard InChI is InChI=1S/C17H26N2O/c1-2-16(14-8-4-3-5-9-14)17(20)19-13-11-15-10-6-7-12-18-15/h3-5,8-9,15-16,18H,2,6-7,10-13H2,1H3,(H,19,20). The molecule has 20 heavy (non-hydrogen) atoms. The Morgan fingerprint density at radius 3 is 2.80 bits per heavy atom. The van der Waals surface area contributed by atoms with Gasteiger partial charge in [0, 0.05) is 12.6 Å². The molecule has 0 spiro atoms. The van der Waals surface area contributed by atoms with E-state index in [0.717, 1.165) is 31.5 Å². The van der Waals surface area contributed by atoms with Crippen molar-refractivity contribution >= 4 is 5.91 Å². The fourth-order valence-electron chi connectivity index (χ4n) is 2.92. The highest BCUT2D eigenvalue weighted by atomic mass is 16.1. The SMILES string of the molecule is CCC(C(=O)NCCC1CCCCN1)c1ccccc1. The van der Waals surface area contributed by atoms with E-state index in [9.17, 15) is 4.79 Å². The summed E-state index contributed by atoms with van der Waals surface area (Å²) >= 11 is 0. The van der Waals surface area contributed by atoms with Gasteiger partial charge in [-0.1, -0.05) is 43.7 Å². The van der Waals surface area contributed by atoms with Gasteiger partial charge in [0.1, 0.15) is 0 Å². The van der Waals surface area contributed by atoms with Gasteiger partial charge in [-0.25, -0.2) is 0 Å². The Balaban J connectivity index is 1.78. The maximum Gasteiger partial charge on any atom is 0.227 e. The second-order valence-electron chi connectivity index (χ2n) is 5.60. The first-order valence-electron chi connectivity index (χ1n) is 7.87. The maximum absolute atomic E-state index is 12.3. The number of piperidine rings is 1. The lowest BCUT2D eigenvalue weighted by molar-refractivity contribution is -0.122. The quantitative estimate of drug-likeness (QED) is 0.837. The van der Waals surface area contributed by atoms with Crippen molar-refractivity contribution in [3.63, 3.8) is 0 Å². The minimum Gasteiger partial charge on any atom is -0.356 e. The summed E-state index contributed by atoms with van der Waals surface area (Å²) in [5, 5.41) is 6.62. The normalized spacial score (nSPS) is 20.4. The molecular weight excluding hydrogens is 248 g/mol. The number of amides is 1. The maximum atomic E-state index is 12.3. The van der Waals surface area contributed by atoms with Crippen LogP contribution >= 0.6 is 0 Å². The van der Waals surface area contributed by atoms with E-state index in [1.807, 2.05) is 30.3 Å². The van der Waals surface area contributed by atoms with Gasteiger partial charge >= 0.3 is 0 Å². The third-order valence-corrected chi connectivity index (χ3v) is 4.13. The molecule has 1 aromatic carbocycles. The summed E-state index contributed by atoms with van der Waals surface area (Å²) in [4.78, 5) is 12.3. The Morgan fingerprint density at radius 1 is 1.35 bits per heavy atom. The Bertz CT molecular complexity index is 399. The van der Waals surface area contributed by atoms with Crippen LogP contribution in [0.3, 0.4) is 0 Å². The van der Waals surface area contributed by atoms with Crippen LogP contribution in [0.1, 0.15) is 50.5 Å². The van der Waals surface area contributed by atoms with Gasteiger partial charge in [0.15, 0.2) is 0 Å². The third-order valence-electron chi connectivity index (χ3n) is 4.13. The number of benzene rings is 1. The van der Waals surface area contributed by atoms with Crippen molar-refractivity contribution in [2.75, 3.05) is 13.1 Å². The van der Waals surface area contributed by atoms with E-state index in [1.54, 1.807) is 0 Å².